The molecule has 2 aromatic carbocycles. The number of aromatic amines is 1. The zero-order valence-corrected chi connectivity index (χ0v) is 22.8. The van der Waals surface area contributed by atoms with E-state index < -0.39 is 45.7 Å². The lowest BCUT2D eigenvalue weighted by atomic mass is 9.99. The van der Waals surface area contributed by atoms with Gasteiger partial charge in [-0.15, -0.1) is 0 Å². The number of nitrogens with one attached hydrogen (secondary N) is 3. The second-order valence-electron chi connectivity index (χ2n) is 9.04. The van der Waals surface area contributed by atoms with E-state index in [1.807, 2.05) is 0 Å². The Morgan fingerprint density at radius 3 is 2.56 bits per heavy atom. The number of aromatic nitrogens is 3. The Morgan fingerprint density at radius 1 is 1.17 bits per heavy atom. The number of hydrogen-bond acceptors (Lipinski definition) is 7. The molecule has 4 rings (SSSR count). The first kappa shape index (κ1) is 29.9. The second kappa shape index (κ2) is 11.4. The Balaban J connectivity index is 1.83. The number of benzene rings is 2. The first-order valence-electron chi connectivity index (χ1n) is 12.0. The standard InChI is InChI=1S/C25H23ClF4N6O4S/c1-2-5-41(39,40)36-17-4-3-14(26)6-13(17)11-32-24-21-19(34-35-22(21)23(31)38)9-18(33-24)15-8-16(27)20(37)7-12(15)10-25(28,29)30/h3-4,6-9,36-37H,2,5,10-11H2,1H3,(H2,31,38)(H,32,33)(H,34,35). The molecule has 10 nitrogen and oxygen atoms in total. The maximum atomic E-state index is 14.3. The molecular formula is C25H23ClF4N6O4S. The summed E-state index contributed by atoms with van der Waals surface area (Å²) in [6.45, 7) is 1.58. The molecule has 0 fully saturated rings. The van der Waals surface area contributed by atoms with E-state index in [1.165, 1.54) is 24.3 Å². The van der Waals surface area contributed by atoms with Crippen LogP contribution in [0, 0.1) is 5.82 Å². The highest BCUT2D eigenvalue weighted by Crippen LogP contribution is 2.36. The number of fused-ring (bicyclic) bond motifs is 1. The Labute approximate surface area is 236 Å². The van der Waals surface area contributed by atoms with E-state index in [4.69, 9.17) is 17.3 Å². The normalized spacial score (nSPS) is 12.0. The van der Waals surface area contributed by atoms with Gasteiger partial charge in [0.15, 0.2) is 17.3 Å². The van der Waals surface area contributed by atoms with Gasteiger partial charge in [-0.1, -0.05) is 18.5 Å². The number of halogens is 5. The largest absolute Gasteiger partial charge is 0.505 e. The number of hydrogen-bond donors (Lipinski definition) is 5. The monoisotopic (exact) mass is 614 g/mol. The molecule has 4 aromatic rings. The average Bonchev–Trinajstić information content (AvgIpc) is 3.29. The van der Waals surface area contributed by atoms with Crippen LogP contribution in [0.25, 0.3) is 22.2 Å². The third-order valence-corrected chi connectivity index (χ3v) is 7.58. The molecule has 0 radical (unpaired) electrons. The molecule has 0 spiro atoms. The number of carbonyl (C=O) groups excluding carboxylic acids is 1. The van der Waals surface area contributed by atoms with Crippen molar-refractivity contribution in [2.75, 3.05) is 15.8 Å². The molecule has 0 unspecified atom stereocenters. The number of primary amides is 1. The van der Waals surface area contributed by atoms with Crippen molar-refractivity contribution in [1.82, 2.24) is 15.2 Å². The summed E-state index contributed by atoms with van der Waals surface area (Å²) in [7, 11) is -3.68. The van der Waals surface area contributed by atoms with Crippen LogP contribution in [-0.4, -0.2) is 46.5 Å². The first-order chi connectivity index (χ1) is 19.2. The third-order valence-electron chi connectivity index (χ3n) is 5.87. The lowest BCUT2D eigenvalue weighted by Crippen LogP contribution is -2.18. The smallest absolute Gasteiger partial charge is 0.393 e. The van der Waals surface area contributed by atoms with E-state index in [9.17, 15) is 35.9 Å². The molecule has 0 saturated carbocycles. The maximum absolute atomic E-state index is 14.3. The van der Waals surface area contributed by atoms with Crippen LogP contribution >= 0.6 is 11.6 Å². The quantitative estimate of drug-likeness (QED) is 0.155. The van der Waals surface area contributed by atoms with Crippen molar-refractivity contribution in [2.24, 2.45) is 5.73 Å². The van der Waals surface area contributed by atoms with Gasteiger partial charge in [-0.2, -0.15) is 18.3 Å². The van der Waals surface area contributed by atoms with E-state index in [0.717, 1.165) is 6.07 Å². The van der Waals surface area contributed by atoms with Crippen LogP contribution in [0.2, 0.25) is 5.02 Å². The average molecular weight is 615 g/mol. The fraction of sp³-hybridized carbons (Fsp3) is 0.240. The molecule has 41 heavy (non-hydrogen) atoms. The lowest BCUT2D eigenvalue weighted by molar-refractivity contribution is -0.127. The summed E-state index contributed by atoms with van der Waals surface area (Å²) >= 11 is 6.13. The number of aromatic hydroxyl groups is 1. The fourth-order valence-electron chi connectivity index (χ4n) is 4.17. The number of carbonyl (C=O) groups is 1. The van der Waals surface area contributed by atoms with E-state index in [1.54, 1.807) is 6.92 Å². The first-order valence-corrected chi connectivity index (χ1v) is 14.0. The number of phenols is 1. The highest BCUT2D eigenvalue weighted by atomic mass is 35.5. The number of sulfonamides is 1. The van der Waals surface area contributed by atoms with E-state index >= 15 is 0 Å². The third kappa shape index (κ3) is 6.97. The van der Waals surface area contributed by atoms with Gasteiger partial charge in [-0.25, -0.2) is 17.8 Å². The van der Waals surface area contributed by atoms with Gasteiger partial charge in [0.25, 0.3) is 5.91 Å². The fourth-order valence-corrected chi connectivity index (χ4v) is 5.54. The topological polar surface area (TPSA) is 163 Å². The van der Waals surface area contributed by atoms with Gasteiger partial charge in [-0.05, 0) is 53.9 Å². The van der Waals surface area contributed by atoms with E-state index in [2.05, 4.69) is 25.2 Å². The molecule has 1 amide bonds. The van der Waals surface area contributed by atoms with Gasteiger partial charge in [0.1, 0.15) is 5.82 Å². The highest BCUT2D eigenvalue weighted by molar-refractivity contribution is 7.92. The van der Waals surface area contributed by atoms with Crippen molar-refractivity contribution in [3.05, 3.63) is 64.1 Å². The molecule has 2 aromatic heterocycles. The van der Waals surface area contributed by atoms with Gasteiger partial charge >= 0.3 is 6.18 Å². The van der Waals surface area contributed by atoms with Crippen LogP contribution in [0.5, 0.6) is 5.75 Å². The summed E-state index contributed by atoms with van der Waals surface area (Å²) in [5, 5.41) is 19.5. The Morgan fingerprint density at radius 2 is 1.90 bits per heavy atom. The zero-order valence-electron chi connectivity index (χ0n) is 21.2. The van der Waals surface area contributed by atoms with Crippen molar-refractivity contribution < 1.29 is 35.9 Å². The SMILES string of the molecule is CCCS(=O)(=O)Nc1ccc(Cl)cc1CNc1nc(-c2cc(F)c(O)cc2CC(F)(F)F)cc2[nH]nc(C(N)=O)c12. The number of rotatable bonds is 10. The summed E-state index contributed by atoms with van der Waals surface area (Å²) in [4.78, 5) is 16.4. The molecule has 0 aliphatic carbocycles. The number of H-pyrrole nitrogens is 1. The Bertz CT molecular complexity index is 1740. The minimum absolute atomic E-state index is 0.0752. The molecule has 0 aliphatic heterocycles. The zero-order chi connectivity index (χ0) is 30.1. The van der Waals surface area contributed by atoms with Gasteiger partial charge in [0, 0.05) is 17.1 Å². The molecule has 0 bridgehead atoms. The van der Waals surface area contributed by atoms with Gasteiger partial charge in [-0.3, -0.25) is 14.6 Å². The predicted octanol–water partition coefficient (Wildman–Crippen LogP) is 5.09. The van der Waals surface area contributed by atoms with E-state index in [0.29, 0.717) is 18.1 Å². The maximum Gasteiger partial charge on any atom is 0.393 e. The minimum Gasteiger partial charge on any atom is -0.505 e. The van der Waals surface area contributed by atoms with Gasteiger partial charge < -0.3 is 16.2 Å². The number of nitrogens with two attached hydrogens (primary N) is 1. The number of anilines is 2. The van der Waals surface area contributed by atoms with Crippen LogP contribution in [0.1, 0.15) is 35.0 Å². The summed E-state index contributed by atoms with van der Waals surface area (Å²) in [6, 6.07) is 7.07. The van der Waals surface area contributed by atoms with Crippen molar-refractivity contribution in [3.63, 3.8) is 0 Å². The predicted molar refractivity (Wildman–Crippen MR) is 146 cm³/mol. The minimum atomic E-state index is -4.69. The van der Waals surface area contributed by atoms with Crippen LogP contribution in [-0.2, 0) is 23.0 Å². The second-order valence-corrected chi connectivity index (χ2v) is 11.3. The molecule has 6 N–H and O–H groups in total. The van der Waals surface area contributed by atoms with Crippen LogP contribution in [0.3, 0.4) is 0 Å². The van der Waals surface area contributed by atoms with Crippen molar-refractivity contribution >= 4 is 49.9 Å². The van der Waals surface area contributed by atoms with Crippen molar-refractivity contribution in [3.8, 4) is 17.0 Å². The number of nitrogens with zero attached hydrogens (tertiary/aromatic N) is 2. The van der Waals surface area contributed by atoms with Gasteiger partial charge in [0.2, 0.25) is 10.0 Å². The van der Waals surface area contributed by atoms with Crippen molar-refractivity contribution in [2.45, 2.75) is 32.5 Å². The summed E-state index contributed by atoms with van der Waals surface area (Å²) in [5.74, 6) is -3.28. The molecular weight excluding hydrogens is 592 g/mol. The highest BCUT2D eigenvalue weighted by Gasteiger charge is 2.30. The van der Waals surface area contributed by atoms with E-state index in [-0.39, 0.29) is 56.7 Å². The molecule has 0 atom stereocenters. The summed E-state index contributed by atoms with van der Waals surface area (Å²) < 4.78 is 81.5. The summed E-state index contributed by atoms with van der Waals surface area (Å²) in [6.07, 6.45) is -5.81. The number of pyridine rings is 1. The molecule has 0 aliphatic rings. The summed E-state index contributed by atoms with van der Waals surface area (Å²) in [5.41, 5.74) is 5.06. The molecule has 16 heteroatoms. The molecule has 0 saturated heterocycles. The number of alkyl halides is 3. The van der Waals surface area contributed by atoms with Crippen LogP contribution < -0.4 is 15.8 Å². The molecule has 218 valence electrons. The Hall–Kier alpha value is -4.11. The molecule has 2 heterocycles. The number of phenolic OH excluding ortho intramolecular Hbond substituents is 1. The van der Waals surface area contributed by atoms with Crippen LogP contribution in [0.4, 0.5) is 29.1 Å². The number of amides is 1. The lowest BCUT2D eigenvalue weighted by Gasteiger charge is -2.16. The van der Waals surface area contributed by atoms with Crippen LogP contribution in [0.15, 0.2) is 36.4 Å². The Kier molecular flexibility index (Phi) is 8.31. The van der Waals surface area contributed by atoms with Crippen molar-refractivity contribution in [1.29, 1.82) is 0 Å². The van der Waals surface area contributed by atoms with Gasteiger partial charge in [0.05, 0.1) is 34.5 Å².